The van der Waals surface area contributed by atoms with Gasteiger partial charge < -0.3 is 15.1 Å². The maximum absolute atomic E-state index is 5.45. The molecule has 0 aromatic carbocycles. The highest BCUT2D eigenvalue weighted by Crippen LogP contribution is 2.13. The third-order valence-corrected chi connectivity index (χ3v) is 1.89. The number of rotatable bonds is 5. The van der Waals surface area contributed by atoms with E-state index in [1.165, 1.54) is 0 Å². The van der Waals surface area contributed by atoms with Gasteiger partial charge in [-0.1, -0.05) is 0 Å². The summed E-state index contributed by atoms with van der Waals surface area (Å²) in [6.45, 7) is 5.82. The SMILES string of the molecule is CC(C)N(CCCN)c1ncco1. The topological polar surface area (TPSA) is 55.3 Å². The molecule has 2 N–H and O–H groups in total. The molecule has 0 amide bonds. The van der Waals surface area contributed by atoms with E-state index in [1.807, 2.05) is 0 Å². The van der Waals surface area contributed by atoms with E-state index in [9.17, 15) is 0 Å². The van der Waals surface area contributed by atoms with E-state index in [0.717, 1.165) is 13.0 Å². The van der Waals surface area contributed by atoms with Crippen molar-refractivity contribution in [3.8, 4) is 0 Å². The van der Waals surface area contributed by atoms with Crippen molar-refractivity contribution in [1.82, 2.24) is 4.98 Å². The molecule has 0 unspecified atom stereocenters. The lowest BCUT2D eigenvalue weighted by molar-refractivity contribution is 0.507. The van der Waals surface area contributed by atoms with E-state index in [1.54, 1.807) is 12.5 Å². The van der Waals surface area contributed by atoms with Crippen LogP contribution in [0, 0.1) is 0 Å². The Morgan fingerprint density at radius 2 is 2.38 bits per heavy atom. The summed E-state index contributed by atoms with van der Waals surface area (Å²) in [7, 11) is 0. The molecule has 1 rings (SSSR count). The van der Waals surface area contributed by atoms with Gasteiger partial charge in [0.05, 0.1) is 6.20 Å². The number of nitrogens with zero attached hydrogens (tertiary/aromatic N) is 2. The average molecular weight is 183 g/mol. The molecule has 0 saturated carbocycles. The van der Waals surface area contributed by atoms with Crippen molar-refractivity contribution < 1.29 is 4.42 Å². The van der Waals surface area contributed by atoms with Crippen molar-refractivity contribution in [3.63, 3.8) is 0 Å². The first kappa shape index (κ1) is 10.1. The molecule has 0 atom stereocenters. The Bertz CT molecular complexity index is 221. The lowest BCUT2D eigenvalue weighted by Crippen LogP contribution is -2.32. The van der Waals surface area contributed by atoms with Crippen LogP contribution in [0.3, 0.4) is 0 Å². The van der Waals surface area contributed by atoms with Crippen molar-refractivity contribution in [2.75, 3.05) is 18.0 Å². The lowest BCUT2D eigenvalue weighted by atomic mass is 10.3. The fourth-order valence-electron chi connectivity index (χ4n) is 1.19. The van der Waals surface area contributed by atoms with Gasteiger partial charge in [0.15, 0.2) is 0 Å². The number of hydrogen-bond donors (Lipinski definition) is 1. The Labute approximate surface area is 78.7 Å². The Morgan fingerprint density at radius 1 is 1.62 bits per heavy atom. The molecule has 1 heterocycles. The number of anilines is 1. The van der Waals surface area contributed by atoms with Crippen molar-refractivity contribution in [2.24, 2.45) is 5.73 Å². The number of oxazole rings is 1. The van der Waals surface area contributed by atoms with Crippen LogP contribution in [0.2, 0.25) is 0 Å². The highest BCUT2D eigenvalue weighted by Gasteiger charge is 2.13. The minimum atomic E-state index is 0.394. The molecular formula is C9H17N3O. The number of hydrogen-bond acceptors (Lipinski definition) is 4. The zero-order chi connectivity index (χ0) is 9.68. The molecule has 74 valence electrons. The first-order valence-electron chi connectivity index (χ1n) is 4.62. The van der Waals surface area contributed by atoms with E-state index in [-0.39, 0.29) is 0 Å². The van der Waals surface area contributed by atoms with Gasteiger partial charge in [-0.15, -0.1) is 0 Å². The van der Waals surface area contributed by atoms with Crippen LogP contribution < -0.4 is 10.6 Å². The van der Waals surface area contributed by atoms with E-state index >= 15 is 0 Å². The highest BCUT2D eigenvalue weighted by molar-refractivity contribution is 5.25. The van der Waals surface area contributed by atoms with Crippen LogP contribution in [0.1, 0.15) is 20.3 Å². The Balaban J connectivity index is 2.58. The van der Waals surface area contributed by atoms with Crippen molar-refractivity contribution >= 4 is 6.01 Å². The summed E-state index contributed by atoms with van der Waals surface area (Å²) in [6, 6.07) is 1.08. The molecule has 13 heavy (non-hydrogen) atoms. The Kier molecular flexibility index (Phi) is 3.76. The third kappa shape index (κ3) is 2.73. The van der Waals surface area contributed by atoms with Gasteiger partial charge in [-0.3, -0.25) is 0 Å². The Morgan fingerprint density at radius 3 is 2.85 bits per heavy atom. The molecule has 1 aromatic heterocycles. The monoisotopic (exact) mass is 183 g/mol. The van der Waals surface area contributed by atoms with Crippen LogP contribution in [0.5, 0.6) is 0 Å². The molecule has 4 heteroatoms. The van der Waals surface area contributed by atoms with Gasteiger partial charge in [0, 0.05) is 12.6 Å². The normalized spacial score (nSPS) is 10.8. The summed E-state index contributed by atoms with van der Waals surface area (Å²) in [6.07, 6.45) is 4.21. The summed E-state index contributed by atoms with van der Waals surface area (Å²) >= 11 is 0. The second-order valence-electron chi connectivity index (χ2n) is 3.24. The molecule has 0 saturated heterocycles. The standard InChI is InChI=1S/C9H17N3O/c1-8(2)12(6-3-4-10)9-11-5-7-13-9/h5,7-8H,3-4,6,10H2,1-2H3. The first-order chi connectivity index (χ1) is 6.25. The van der Waals surface area contributed by atoms with E-state index in [4.69, 9.17) is 10.2 Å². The minimum Gasteiger partial charge on any atom is -0.432 e. The molecule has 0 bridgehead atoms. The zero-order valence-corrected chi connectivity index (χ0v) is 8.23. The minimum absolute atomic E-state index is 0.394. The zero-order valence-electron chi connectivity index (χ0n) is 8.23. The number of nitrogens with two attached hydrogens (primary N) is 1. The van der Waals surface area contributed by atoms with Gasteiger partial charge in [-0.25, -0.2) is 4.98 Å². The first-order valence-corrected chi connectivity index (χ1v) is 4.62. The van der Waals surface area contributed by atoms with Crippen LogP contribution >= 0.6 is 0 Å². The fraction of sp³-hybridized carbons (Fsp3) is 0.667. The van der Waals surface area contributed by atoms with Crippen molar-refractivity contribution in [2.45, 2.75) is 26.3 Å². The summed E-state index contributed by atoms with van der Waals surface area (Å²) in [5.41, 5.74) is 5.45. The van der Waals surface area contributed by atoms with Crippen LogP contribution in [0.15, 0.2) is 16.9 Å². The summed E-state index contributed by atoms with van der Waals surface area (Å²) in [5, 5.41) is 0. The Hall–Kier alpha value is -1.03. The van der Waals surface area contributed by atoms with Crippen molar-refractivity contribution in [1.29, 1.82) is 0 Å². The van der Waals surface area contributed by atoms with Gasteiger partial charge in [-0.2, -0.15) is 0 Å². The second kappa shape index (κ2) is 4.87. The molecule has 1 aromatic rings. The maximum atomic E-state index is 5.45. The van der Waals surface area contributed by atoms with Gasteiger partial charge in [-0.05, 0) is 26.8 Å². The van der Waals surface area contributed by atoms with Crippen molar-refractivity contribution in [3.05, 3.63) is 12.5 Å². The quantitative estimate of drug-likeness (QED) is 0.746. The molecule has 0 fully saturated rings. The molecule has 4 nitrogen and oxygen atoms in total. The van der Waals surface area contributed by atoms with Gasteiger partial charge in [0.2, 0.25) is 0 Å². The third-order valence-electron chi connectivity index (χ3n) is 1.89. The van der Waals surface area contributed by atoms with Crippen LogP contribution in [0.25, 0.3) is 0 Å². The summed E-state index contributed by atoms with van der Waals surface area (Å²) in [5.74, 6) is 0. The lowest BCUT2D eigenvalue weighted by Gasteiger charge is -2.24. The van der Waals surface area contributed by atoms with Gasteiger partial charge >= 0.3 is 0 Å². The molecule has 0 radical (unpaired) electrons. The fourth-order valence-corrected chi connectivity index (χ4v) is 1.19. The van der Waals surface area contributed by atoms with Crippen LogP contribution in [-0.2, 0) is 0 Å². The van der Waals surface area contributed by atoms with Crippen LogP contribution in [-0.4, -0.2) is 24.1 Å². The predicted molar refractivity (Wildman–Crippen MR) is 52.7 cm³/mol. The average Bonchev–Trinajstić information content (AvgIpc) is 2.57. The summed E-state index contributed by atoms with van der Waals surface area (Å²) in [4.78, 5) is 6.21. The largest absolute Gasteiger partial charge is 0.432 e. The van der Waals surface area contributed by atoms with Crippen LogP contribution in [0.4, 0.5) is 6.01 Å². The van der Waals surface area contributed by atoms with E-state index in [0.29, 0.717) is 18.6 Å². The maximum Gasteiger partial charge on any atom is 0.297 e. The molecule has 0 aliphatic carbocycles. The summed E-state index contributed by atoms with van der Waals surface area (Å²) < 4.78 is 5.23. The van der Waals surface area contributed by atoms with E-state index in [2.05, 4.69) is 23.7 Å². The highest BCUT2D eigenvalue weighted by atomic mass is 16.4. The molecule has 0 aliphatic rings. The van der Waals surface area contributed by atoms with Gasteiger partial charge in [0.1, 0.15) is 6.26 Å². The smallest absolute Gasteiger partial charge is 0.297 e. The van der Waals surface area contributed by atoms with Gasteiger partial charge in [0.25, 0.3) is 6.01 Å². The molecule has 0 aliphatic heterocycles. The second-order valence-corrected chi connectivity index (χ2v) is 3.24. The van der Waals surface area contributed by atoms with E-state index < -0.39 is 0 Å². The predicted octanol–water partition coefficient (Wildman–Crippen LogP) is 1.24. The molecular weight excluding hydrogens is 166 g/mol. The molecule has 0 spiro atoms. The number of aromatic nitrogens is 1.